The van der Waals surface area contributed by atoms with E-state index in [9.17, 15) is 9.59 Å². The van der Waals surface area contributed by atoms with E-state index in [4.69, 9.17) is 0 Å². The zero-order valence-corrected chi connectivity index (χ0v) is 13.7. The fourth-order valence-corrected chi connectivity index (χ4v) is 3.48. The Morgan fingerprint density at radius 2 is 1.91 bits per heavy atom. The van der Waals surface area contributed by atoms with Gasteiger partial charge in [-0.2, -0.15) is 0 Å². The van der Waals surface area contributed by atoms with Crippen molar-refractivity contribution >= 4 is 11.9 Å². The van der Waals surface area contributed by atoms with Gasteiger partial charge in [-0.1, -0.05) is 30.3 Å². The fourth-order valence-electron chi connectivity index (χ4n) is 3.48. The molecule has 1 atom stereocenters. The number of likely N-dealkylation sites (N-methyl/N-ethyl adjacent to an activating group) is 1. The highest BCUT2D eigenvalue weighted by Crippen LogP contribution is 2.23. The standard InChI is InChI=1S/C18H25N3O2/c1-20-13-16(19-18(20)23)17(22)21-11-9-15(10-12-21)8-7-14-5-3-2-4-6-14/h2-6,15-16H,7-13H2,1H3,(H,19,23)/t16-/m0/s1. The third-order valence-electron chi connectivity index (χ3n) is 5.01. The van der Waals surface area contributed by atoms with Crippen LogP contribution in [0.3, 0.4) is 0 Å². The van der Waals surface area contributed by atoms with Crippen molar-refractivity contribution in [3.63, 3.8) is 0 Å². The Bertz CT molecular complexity index is 553. The van der Waals surface area contributed by atoms with E-state index >= 15 is 0 Å². The van der Waals surface area contributed by atoms with Crippen LogP contribution in [0.5, 0.6) is 0 Å². The molecule has 1 N–H and O–H groups in total. The first-order valence-corrected chi connectivity index (χ1v) is 8.48. The average molecular weight is 315 g/mol. The number of nitrogens with one attached hydrogen (secondary N) is 1. The number of hydrogen-bond donors (Lipinski definition) is 1. The average Bonchev–Trinajstić information content (AvgIpc) is 2.93. The monoisotopic (exact) mass is 315 g/mol. The van der Waals surface area contributed by atoms with E-state index in [0.717, 1.165) is 32.4 Å². The van der Waals surface area contributed by atoms with Crippen molar-refractivity contribution in [2.45, 2.75) is 31.7 Å². The molecule has 124 valence electrons. The number of carbonyl (C=O) groups excluding carboxylic acids is 2. The molecule has 0 unspecified atom stereocenters. The molecule has 0 bridgehead atoms. The first kappa shape index (κ1) is 15.8. The second-order valence-corrected chi connectivity index (χ2v) is 6.68. The molecule has 0 aliphatic carbocycles. The van der Waals surface area contributed by atoms with Gasteiger partial charge in [-0.05, 0) is 37.2 Å². The molecule has 2 fully saturated rings. The molecule has 5 heteroatoms. The van der Waals surface area contributed by atoms with E-state index in [-0.39, 0.29) is 18.0 Å². The Hall–Kier alpha value is -2.04. The van der Waals surface area contributed by atoms with Crippen molar-refractivity contribution in [2.75, 3.05) is 26.7 Å². The van der Waals surface area contributed by atoms with E-state index in [2.05, 4.69) is 29.6 Å². The number of carbonyl (C=O) groups is 2. The van der Waals surface area contributed by atoms with Crippen LogP contribution in [0.15, 0.2) is 30.3 Å². The van der Waals surface area contributed by atoms with Crippen LogP contribution >= 0.6 is 0 Å². The van der Waals surface area contributed by atoms with E-state index in [1.807, 2.05) is 11.0 Å². The molecule has 1 aromatic rings. The highest BCUT2D eigenvalue weighted by Gasteiger charge is 2.35. The van der Waals surface area contributed by atoms with E-state index in [1.165, 1.54) is 12.0 Å². The van der Waals surface area contributed by atoms with Crippen molar-refractivity contribution in [3.05, 3.63) is 35.9 Å². The summed E-state index contributed by atoms with van der Waals surface area (Å²) in [6, 6.07) is 10.1. The number of likely N-dealkylation sites (tertiary alicyclic amines) is 1. The minimum atomic E-state index is -0.367. The molecule has 2 saturated heterocycles. The Morgan fingerprint density at radius 1 is 1.22 bits per heavy atom. The van der Waals surface area contributed by atoms with E-state index in [0.29, 0.717) is 12.5 Å². The van der Waals surface area contributed by atoms with Crippen LogP contribution in [0.2, 0.25) is 0 Å². The minimum absolute atomic E-state index is 0.0733. The molecule has 2 heterocycles. The quantitative estimate of drug-likeness (QED) is 0.922. The molecule has 23 heavy (non-hydrogen) atoms. The zero-order chi connectivity index (χ0) is 16.2. The summed E-state index contributed by atoms with van der Waals surface area (Å²) >= 11 is 0. The van der Waals surface area contributed by atoms with Gasteiger partial charge >= 0.3 is 6.03 Å². The lowest BCUT2D eigenvalue weighted by atomic mass is 9.90. The van der Waals surface area contributed by atoms with E-state index < -0.39 is 0 Å². The summed E-state index contributed by atoms with van der Waals surface area (Å²) in [4.78, 5) is 27.4. The first-order valence-electron chi connectivity index (χ1n) is 8.48. The predicted octanol–water partition coefficient (Wildman–Crippen LogP) is 1.88. The highest BCUT2D eigenvalue weighted by atomic mass is 16.2. The number of benzene rings is 1. The third kappa shape index (κ3) is 3.84. The topological polar surface area (TPSA) is 52.7 Å². The van der Waals surface area contributed by atoms with Gasteiger partial charge in [0.1, 0.15) is 6.04 Å². The van der Waals surface area contributed by atoms with Gasteiger partial charge in [-0.3, -0.25) is 4.79 Å². The molecule has 3 amide bonds. The number of urea groups is 1. The van der Waals surface area contributed by atoms with Crippen molar-refractivity contribution in [1.29, 1.82) is 0 Å². The summed E-state index contributed by atoms with van der Waals surface area (Å²) in [6.07, 6.45) is 4.43. The molecule has 2 aliphatic heterocycles. The zero-order valence-electron chi connectivity index (χ0n) is 13.7. The smallest absolute Gasteiger partial charge is 0.317 e. The number of amides is 3. The lowest BCUT2D eigenvalue weighted by molar-refractivity contribution is -0.134. The maximum Gasteiger partial charge on any atom is 0.317 e. The van der Waals surface area contributed by atoms with Crippen LogP contribution < -0.4 is 5.32 Å². The van der Waals surface area contributed by atoms with Gasteiger partial charge in [-0.25, -0.2) is 4.79 Å². The third-order valence-corrected chi connectivity index (χ3v) is 5.01. The van der Waals surface area contributed by atoms with Gasteiger partial charge in [0.15, 0.2) is 0 Å². The van der Waals surface area contributed by atoms with Crippen LogP contribution in [0.4, 0.5) is 4.79 Å². The molecule has 0 saturated carbocycles. The van der Waals surface area contributed by atoms with Gasteiger partial charge in [0.05, 0.1) is 6.54 Å². The normalized spacial score (nSPS) is 22.3. The summed E-state index contributed by atoms with van der Waals surface area (Å²) < 4.78 is 0. The molecule has 0 aromatic heterocycles. The van der Waals surface area contributed by atoms with Gasteiger partial charge < -0.3 is 15.1 Å². The fraction of sp³-hybridized carbons (Fsp3) is 0.556. The van der Waals surface area contributed by atoms with E-state index in [1.54, 1.807) is 11.9 Å². The van der Waals surface area contributed by atoms with Crippen molar-refractivity contribution in [2.24, 2.45) is 5.92 Å². The van der Waals surface area contributed by atoms with Crippen molar-refractivity contribution in [1.82, 2.24) is 15.1 Å². The Morgan fingerprint density at radius 3 is 2.52 bits per heavy atom. The Balaban J connectivity index is 1.43. The number of nitrogens with zero attached hydrogens (tertiary/aromatic N) is 2. The second-order valence-electron chi connectivity index (χ2n) is 6.68. The van der Waals surface area contributed by atoms with Crippen LogP contribution in [0, 0.1) is 5.92 Å². The van der Waals surface area contributed by atoms with Crippen LogP contribution in [0.1, 0.15) is 24.8 Å². The van der Waals surface area contributed by atoms with Crippen LogP contribution in [-0.4, -0.2) is 54.5 Å². The van der Waals surface area contributed by atoms with Crippen LogP contribution in [0.25, 0.3) is 0 Å². The lowest BCUT2D eigenvalue weighted by Gasteiger charge is -2.33. The summed E-state index contributed by atoms with van der Waals surface area (Å²) in [5.74, 6) is 0.768. The molecular weight excluding hydrogens is 290 g/mol. The minimum Gasteiger partial charge on any atom is -0.341 e. The number of piperidine rings is 1. The predicted molar refractivity (Wildman–Crippen MR) is 89.0 cm³/mol. The number of aryl methyl sites for hydroxylation is 1. The molecule has 0 radical (unpaired) electrons. The molecule has 0 spiro atoms. The number of hydrogen-bond acceptors (Lipinski definition) is 2. The molecule has 2 aliphatic rings. The Labute approximate surface area is 137 Å². The van der Waals surface area contributed by atoms with Crippen molar-refractivity contribution in [3.8, 4) is 0 Å². The summed E-state index contributed by atoms with van der Waals surface area (Å²) in [6.45, 7) is 2.11. The summed E-state index contributed by atoms with van der Waals surface area (Å²) in [7, 11) is 1.72. The molecule has 3 rings (SSSR count). The molecule has 5 nitrogen and oxygen atoms in total. The maximum atomic E-state index is 12.5. The summed E-state index contributed by atoms with van der Waals surface area (Å²) in [5, 5.41) is 2.75. The van der Waals surface area contributed by atoms with Crippen molar-refractivity contribution < 1.29 is 9.59 Å². The maximum absolute atomic E-state index is 12.5. The summed E-state index contributed by atoms with van der Waals surface area (Å²) in [5.41, 5.74) is 1.39. The van der Waals surface area contributed by atoms with Gasteiger partial charge in [0.2, 0.25) is 5.91 Å². The second kappa shape index (κ2) is 7.02. The lowest BCUT2D eigenvalue weighted by Crippen LogP contribution is -2.48. The number of rotatable bonds is 4. The SMILES string of the molecule is CN1C[C@@H](C(=O)N2CCC(CCc3ccccc3)CC2)NC1=O. The molecule has 1 aromatic carbocycles. The van der Waals surface area contributed by atoms with Gasteiger partial charge in [0.25, 0.3) is 0 Å². The Kier molecular flexibility index (Phi) is 4.84. The van der Waals surface area contributed by atoms with Gasteiger partial charge in [-0.15, -0.1) is 0 Å². The molecular formula is C18H25N3O2. The largest absolute Gasteiger partial charge is 0.341 e. The van der Waals surface area contributed by atoms with Gasteiger partial charge in [0, 0.05) is 20.1 Å². The van der Waals surface area contributed by atoms with Crippen LogP contribution in [-0.2, 0) is 11.2 Å². The highest BCUT2D eigenvalue weighted by molar-refractivity contribution is 5.90. The first-order chi connectivity index (χ1) is 11.1.